The number of aryl methyl sites for hydroxylation is 1. The second kappa shape index (κ2) is 8.51. The Kier molecular flexibility index (Phi) is 6.36. The summed E-state index contributed by atoms with van der Waals surface area (Å²) < 4.78 is 5.28. The molecule has 1 aliphatic rings. The number of nitrogens with one attached hydrogen (secondary N) is 3. The smallest absolute Gasteiger partial charge is 0.313 e. The van der Waals surface area contributed by atoms with E-state index in [2.05, 4.69) is 17.6 Å². The highest BCUT2D eigenvalue weighted by atomic mass is 16.5. The molecule has 0 aromatic heterocycles. The van der Waals surface area contributed by atoms with Crippen LogP contribution in [0.3, 0.4) is 0 Å². The van der Waals surface area contributed by atoms with Gasteiger partial charge in [0.05, 0.1) is 26.3 Å². The molecule has 0 aliphatic carbocycles. The summed E-state index contributed by atoms with van der Waals surface area (Å²) in [6, 6.07) is 7.49. The van der Waals surface area contributed by atoms with Crippen LogP contribution in [0.4, 0.5) is 5.69 Å². The van der Waals surface area contributed by atoms with Gasteiger partial charge in [-0.15, -0.1) is 0 Å². The Morgan fingerprint density at radius 1 is 1.14 bits per heavy atom. The minimum absolute atomic E-state index is 0.496. The van der Waals surface area contributed by atoms with Gasteiger partial charge in [-0.3, -0.25) is 9.59 Å². The lowest BCUT2D eigenvalue weighted by molar-refractivity contribution is -0.906. The molecule has 0 unspecified atom stereocenters. The Balaban J connectivity index is 1.70. The molecule has 2 rings (SSSR count). The van der Waals surface area contributed by atoms with Crippen molar-refractivity contribution in [1.82, 2.24) is 5.32 Å². The van der Waals surface area contributed by atoms with Crippen molar-refractivity contribution in [3.05, 3.63) is 29.8 Å². The third kappa shape index (κ3) is 5.13. The fourth-order valence-electron chi connectivity index (χ4n) is 2.35. The van der Waals surface area contributed by atoms with E-state index in [0.717, 1.165) is 39.3 Å². The molecule has 1 aliphatic heterocycles. The number of carbonyl (C=O) groups is 2. The van der Waals surface area contributed by atoms with Gasteiger partial charge in [0.2, 0.25) is 0 Å². The van der Waals surface area contributed by atoms with Crippen LogP contribution < -0.4 is 15.5 Å². The first-order valence-electron chi connectivity index (χ1n) is 7.78. The molecule has 1 saturated heterocycles. The molecule has 0 atom stereocenters. The van der Waals surface area contributed by atoms with Crippen molar-refractivity contribution in [2.24, 2.45) is 0 Å². The summed E-state index contributed by atoms with van der Waals surface area (Å²) in [5.74, 6) is -1.21. The number of hydrogen-bond acceptors (Lipinski definition) is 3. The Labute approximate surface area is 130 Å². The van der Waals surface area contributed by atoms with Gasteiger partial charge < -0.3 is 20.3 Å². The summed E-state index contributed by atoms with van der Waals surface area (Å²) >= 11 is 0. The molecule has 1 heterocycles. The standard InChI is InChI=1S/C16H23N3O3/c1-2-13-3-5-14(6-4-13)18-16(21)15(20)17-7-8-19-9-11-22-12-10-19/h3-6H,2,7-12H2,1H3,(H,17,20)(H,18,21)/p+1. The van der Waals surface area contributed by atoms with Gasteiger partial charge in [0, 0.05) is 5.69 Å². The maximum atomic E-state index is 11.8. The van der Waals surface area contributed by atoms with Gasteiger partial charge in [-0.05, 0) is 24.1 Å². The molecular weight excluding hydrogens is 282 g/mol. The molecule has 1 fully saturated rings. The molecule has 120 valence electrons. The summed E-state index contributed by atoms with van der Waals surface area (Å²) in [4.78, 5) is 24.9. The fourth-order valence-corrected chi connectivity index (χ4v) is 2.35. The first-order valence-corrected chi connectivity index (χ1v) is 7.78. The van der Waals surface area contributed by atoms with Crippen molar-refractivity contribution in [3.8, 4) is 0 Å². The van der Waals surface area contributed by atoms with E-state index < -0.39 is 11.8 Å². The summed E-state index contributed by atoms with van der Waals surface area (Å²) in [6.45, 7) is 6.80. The third-order valence-corrected chi connectivity index (χ3v) is 3.79. The van der Waals surface area contributed by atoms with Crippen molar-refractivity contribution < 1.29 is 19.2 Å². The first kappa shape index (κ1) is 16.5. The van der Waals surface area contributed by atoms with Crippen molar-refractivity contribution in [2.45, 2.75) is 13.3 Å². The molecule has 0 saturated carbocycles. The number of hydrogen-bond donors (Lipinski definition) is 3. The predicted octanol–water partition coefficient (Wildman–Crippen LogP) is -0.781. The summed E-state index contributed by atoms with van der Waals surface area (Å²) in [5.41, 5.74) is 1.83. The number of benzene rings is 1. The van der Waals surface area contributed by atoms with E-state index in [1.165, 1.54) is 10.5 Å². The van der Waals surface area contributed by atoms with Crippen molar-refractivity contribution >= 4 is 17.5 Å². The average molecular weight is 306 g/mol. The zero-order chi connectivity index (χ0) is 15.8. The summed E-state index contributed by atoms with van der Waals surface area (Å²) in [5, 5.41) is 5.26. The van der Waals surface area contributed by atoms with Crippen LogP contribution in [0.25, 0.3) is 0 Å². The predicted molar refractivity (Wildman–Crippen MR) is 83.8 cm³/mol. The molecule has 0 bridgehead atoms. The molecule has 0 spiro atoms. The van der Waals surface area contributed by atoms with Crippen LogP contribution in [0.2, 0.25) is 0 Å². The molecule has 3 N–H and O–H groups in total. The molecule has 0 radical (unpaired) electrons. The van der Waals surface area contributed by atoms with E-state index in [1.807, 2.05) is 24.3 Å². The number of rotatable bonds is 5. The normalized spacial score (nSPS) is 15.3. The zero-order valence-corrected chi connectivity index (χ0v) is 13.0. The highest BCUT2D eigenvalue weighted by Crippen LogP contribution is 2.09. The number of anilines is 1. The Hall–Kier alpha value is -1.92. The number of carbonyl (C=O) groups excluding carboxylic acids is 2. The SMILES string of the molecule is CCc1ccc(NC(=O)C(=O)NCC[NH+]2CCOCC2)cc1. The van der Waals surface area contributed by atoms with Crippen LogP contribution in [-0.2, 0) is 20.7 Å². The minimum atomic E-state index is -0.624. The van der Waals surface area contributed by atoms with Gasteiger partial charge in [-0.1, -0.05) is 19.1 Å². The second-order valence-electron chi connectivity index (χ2n) is 5.37. The lowest BCUT2D eigenvalue weighted by Gasteiger charge is -2.23. The number of amides is 2. The molecule has 6 nitrogen and oxygen atoms in total. The highest BCUT2D eigenvalue weighted by Gasteiger charge is 2.16. The quantitative estimate of drug-likeness (QED) is 0.625. The molecule has 2 amide bonds. The zero-order valence-electron chi connectivity index (χ0n) is 13.0. The molecule has 1 aromatic rings. The third-order valence-electron chi connectivity index (χ3n) is 3.79. The van der Waals surface area contributed by atoms with Crippen LogP contribution in [0.1, 0.15) is 12.5 Å². The van der Waals surface area contributed by atoms with Crippen LogP contribution in [-0.4, -0.2) is 51.2 Å². The Morgan fingerprint density at radius 2 is 1.82 bits per heavy atom. The van der Waals surface area contributed by atoms with Crippen molar-refractivity contribution in [3.63, 3.8) is 0 Å². The monoisotopic (exact) mass is 306 g/mol. The van der Waals surface area contributed by atoms with Gasteiger partial charge in [-0.25, -0.2) is 0 Å². The summed E-state index contributed by atoms with van der Waals surface area (Å²) in [7, 11) is 0. The van der Waals surface area contributed by atoms with Crippen LogP contribution in [0, 0.1) is 0 Å². The van der Waals surface area contributed by atoms with E-state index in [-0.39, 0.29) is 0 Å². The first-order chi connectivity index (χ1) is 10.7. The van der Waals surface area contributed by atoms with Crippen LogP contribution >= 0.6 is 0 Å². The van der Waals surface area contributed by atoms with Gasteiger partial charge in [0.1, 0.15) is 13.1 Å². The van der Waals surface area contributed by atoms with E-state index in [4.69, 9.17) is 4.74 Å². The lowest BCUT2D eigenvalue weighted by Crippen LogP contribution is -3.14. The van der Waals surface area contributed by atoms with Gasteiger partial charge in [0.15, 0.2) is 0 Å². The van der Waals surface area contributed by atoms with Gasteiger partial charge >= 0.3 is 11.8 Å². The summed E-state index contributed by atoms with van der Waals surface area (Å²) in [6.07, 6.45) is 0.943. The Bertz CT molecular complexity index is 496. The van der Waals surface area contributed by atoms with Crippen LogP contribution in [0.5, 0.6) is 0 Å². The number of morpholine rings is 1. The van der Waals surface area contributed by atoms with Gasteiger partial charge in [-0.2, -0.15) is 0 Å². The molecule has 6 heteroatoms. The number of quaternary nitrogens is 1. The van der Waals surface area contributed by atoms with E-state index in [0.29, 0.717) is 12.2 Å². The van der Waals surface area contributed by atoms with E-state index >= 15 is 0 Å². The van der Waals surface area contributed by atoms with Crippen molar-refractivity contribution in [2.75, 3.05) is 44.7 Å². The fraction of sp³-hybridized carbons (Fsp3) is 0.500. The molecule has 22 heavy (non-hydrogen) atoms. The minimum Gasteiger partial charge on any atom is -0.370 e. The average Bonchev–Trinajstić information content (AvgIpc) is 2.56. The largest absolute Gasteiger partial charge is 0.370 e. The van der Waals surface area contributed by atoms with E-state index in [1.54, 1.807) is 0 Å². The number of ether oxygens (including phenoxy) is 1. The molecular formula is C16H24N3O3+. The Morgan fingerprint density at radius 3 is 2.45 bits per heavy atom. The second-order valence-corrected chi connectivity index (χ2v) is 5.37. The lowest BCUT2D eigenvalue weighted by atomic mass is 10.1. The van der Waals surface area contributed by atoms with E-state index in [9.17, 15) is 9.59 Å². The highest BCUT2D eigenvalue weighted by molar-refractivity contribution is 6.39. The maximum absolute atomic E-state index is 11.8. The van der Waals surface area contributed by atoms with Crippen LogP contribution in [0.15, 0.2) is 24.3 Å². The topological polar surface area (TPSA) is 71.9 Å². The maximum Gasteiger partial charge on any atom is 0.313 e. The van der Waals surface area contributed by atoms with Crippen molar-refractivity contribution in [1.29, 1.82) is 0 Å². The molecule has 1 aromatic carbocycles. The van der Waals surface area contributed by atoms with Gasteiger partial charge in [0.25, 0.3) is 0 Å².